The summed E-state index contributed by atoms with van der Waals surface area (Å²) >= 11 is 0. The van der Waals surface area contributed by atoms with Crippen molar-refractivity contribution in [3.8, 4) is 0 Å². The Bertz CT molecular complexity index is 617. The first-order valence-electron chi connectivity index (χ1n) is 10.1. The van der Waals surface area contributed by atoms with E-state index in [0.29, 0.717) is 24.7 Å². The number of nitrogens with zero attached hydrogens (tertiary/aromatic N) is 4. The highest BCUT2D eigenvalue weighted by Crippen LogP contribution is 2.12. The van der Waals surface area contributed by atoms with Crippen LogP contribution >= 0.6 is 0 Å². The molecule has 0 bridgehead atoms. The molecule has 0 unspecified atom stereocenters. The monoisotopic (exact) mass is 377 g/mol. The van der Waals surface area contributed by atoms with E-state index in [1.165, 1.54) is 19.3 Å². The van der Waals surface area contributed by atoms with Crippen molar-refractivity contribution in [2.24, 2.45) is 0 Å². The summed E-state index contributed by atoms with van der Waals surface area (Å²) in [6, 6.07) is 1.70. The van der Waals surface area contributed by atoms with Gasteiger partial charge in [0.25, 0.3) is 0 Å². The molecular weight excluding hydrogens is 346 g/mol. The van der Waals surface area contributed by atoms with E-state index in [4.69, 9.17) is 4.52 Å². The van der Waals surface area contributed by atoms with Crippen LogP contribution in [0.4, 0.5) is 5.82 Å². The fraction of sp³-hybridized carbons (Fsp3) is 0.737. The molecule has 2 saturated heterocycles. The van der Waals surface area contributed by atoms with Gasteiger partial charge in [-0.1, -0.05) is 24.4 Å². The van der Waals surface area contributed by atoms with E-state index in [0.717, 1.165) is 52.1 Å². The summed E-state index contributed by atoms with van der Waals surface area (Å²) in [6.07, 6.45) is 6.02. The maximum atomic E-state index is 12.6. The van der Waals surface area contributed by atoms with Crippen LogP contribution in [0.25, 0.3) is 0 Å². The topological polar surface area (TPSA) is 81.9 Å². The number of anilines is 1. The van der Waals surface area contributed by atoms with Gasteiger partial charge in [-0.15, -0.1) is 0 Å². The van der Waals surface area contributed by atoms with Crippen molar-refractivity contribution in [2.45, 2.75) is 39.0 Å². The van der Waals surface area contributed by atoms with Gasteiger partial charge < -0.3 is 14.7 Å². The second kappa shape index (κ2) is 9.85. The van der Waals surface area contributed by atoms with E-state index >= 15 is 0 Å². The number of aromatic nitrogens is 1. The molecule has 1 N–H and O–H groups in total. The molecule has 27 heavy (non-hydrogen) atoms. The van der Waals surface area contributed by atoms with Gasteiger partial charge >= 0.3 is 0 Å². The molecule has 150 valence electrons. The molecule has 0 atom stereocenters. The van der Waals surface area contributed by atoms with Gasteiger partial charge in [-0.2, -0.15) is 0 Å². The van der Waals surface area contributed by atoms with Gasteiger partial charge in [-0.3, -0.25) is 19.4 Å². The molecule has 0 radical (unpaired) electrons. The summed E-state index contributed by atoms with van der Waals surface area (Å²) in [7, 11) is 0. The van der Waals surface area contributed by atoms with Crippen molar-refractivity contribution < 1.29 is 14.1 Å². The molecule has 0 saturated carbocycles. The standard InChI is InChI=1S/C19H31N5O3/c1-16-13-17(21-27-16)20-18(25)14-22-9-11-23(12-10-22)15-19(26)24-7-5-3-2-4-6-8-24/h13H,2-12,14-15H2,1H3,(H,20,21,25). The van der Waals surface area contributed by atoms with E-state index in [9.17, 15) is 9.59 Å². The normalized spacial score (nSPS) is 20.1. The zero-order valence-corrected chi connectivity index (χ0v) is 16.3. The Hall–Kier alpha value is -1.93. The van der Waals surface area contributed by atoms with Crippen molar-refractivity contribution >= 4 is 17.6 Å². The number of amides is 2. The summed E-state index contributed by atoms with van der Waals surface area (Å²) < 4.78 is 4.95. The summed E-state index contributed by atoms with van der Waals surface area (Å²) in [5, 5.41) is 6.52. The third kappa shape index (κ3) is 6.32. The van der Waals surface area contributed by atoms with E-state index in [-0.39, 0.29) is 11.8 Å². The first-order valence-corrected chi connectivity index (χ1v) is 10.1. The summed E-state index contributed by atoms with van der Waals surface area (Å²) in [5.41, 5.74) is 0. The molecule has 0 spiro atoms. The fourth-order valence-electron chi connectivity index (χ4n) is 3.70. The van der Waals surface area contributed by atoms with Crippen LogP contribution in [0.15, 0.2) is 10.6 Å². The predicted octanol–water partition coefficient (Wildman–Crippen LogP) is 1.33. The molecule has 2 aliphatic rings. The number of aryl methyl sites for hydroxylation is 1. The van der Waals surface area contributed by atoms with Gasteiger partial charge in [0.1, 0.15) is 5.76 Å². The molecule has 1 aromatic heterocycles. The van der Waals surface area contributed by atoms with Gasteiger partial charge in [0.05, 0.1) is 13.1 Å². The van der Waals surface area contributed by atoms with Crippen molar-refractivity contribution in [3.05, 3.63) is 11.8 Å². The molecule has 2 amide bonds. The number of hydrogen-bond acceptors (Lipinski definition) is 6. The van der Waals surface area contributed by atoms with Crippen LogP contribution in [0.5, 0.6) is 0 Å². The Morgan fingerprint density at radius 2 is 1.56 bits per heavy atom. The first kappa shape index (κ1) is 19.8. The molecule has 3 heterocycles. The maximum Gasteiger partial charge on any atom is 0.239 e. The maximum absolute atomic E-state index is 12.6. The molecule has 2 fully saturated rings. The number of likely N-dealkylation sites (tertiary alicyclic amines) is 1. The Balaban J connectivity index is 1.36. The smallest absolute Gasteiger partial charge is 0.239 e. The molecule has 2 aliphatic heterocycles. The van der Waals surface area contributed by atoms with E-state index in [1.807, 2.05) is 4.90 Å². The van der Waals surface area contributed by atoms with Gasteiger partial charge in [0.2, 0.25) is 11.8 Å². The van der Waals surface area contributed by atoms with Crippen LogP contribution in [0.2, 0.25) is 0 Å². The lowest BCUT2D eigenvalue weighted by atomic mass is 10.1. The molecule has 0 aliphatic carbocycles. The molecule has 8 heteroatoms. The SMILES string of the molecule is Cc1cc(NC(=O)CN2CCN(CC(=O)N3CCCCCCC3)CC2)no1. The average molecular weight is 377 g/mol. The number of rotatable bonds is 5. The second-order valence-electron chi connectivity index (χ2n) is 7.57. The summed E-state index contributed by atoms with van der Waals surface area (Å²) in [6.45, 7) is 7.64. The first-order chi connectivity index (χ1) is 13.1. The molecule has 3 rings (SSSR count). The van der Waals surface area contributed by atoms with Crippen molar-refractivity contribution in [1.82, 2.24) is 19.9 Å². The van der Waals surface area contributed by atoms with Crippen LogP contribution in [-0.2, 0) is 9.59 Å². The Kier molecular flexibility index (Phi) is 7.23. The Morgan fingerprint density at radius 1 is 0.963 bits per heavy atom. The van der Waals surface area contributed by atoms with Crippen molar-refractivity contribution in [2.75, 3.05) is 57.7 Å². The highest BCUT2D eigenvalue weighted by Gasteiger charge is 2.23. The van der Waals surface area contributed by atoms with E-state index in [2.05, 4.69) is 20.3 Å². The lowest BCUT2D eigenvalue weighted by molar-refractivity contribution is -0.133. The van der Waals surface area contributed by atoms with Crippen molar-refractivity contribution in [1.29, 1.82) is 0 Å². The minimum Gasteiger partial charge on any atom is -0.360 e. The average Bonchev–Trinajstić information content (AvgIpc) is 3.01. The Morgan fingerprint density at radius 3 is 2.15 bits per heavy atom. The van der Waals surface area contributed by atoms with Crippen LogP contribution < -0.4 is 5.32 Å². The van der Waals surface area contributed by atoms with E-state index < -0.39 is 0 Å². The van der Waals surface area contributed by atoms with E-state index in [1.54, 1.807) is 13.0 Å². The number of carbonyl (C=O) groups excluding carboxylic acids is 2. The summed E-state index contributed by atoms with van der Waals surface area (Å²) in [4.78, 5) is 31.0. The molecule has 8 nitrogen and oxygen atoms in total. The zero-order chi connectivity index (χ0) is 19.1. The minimum absolute atomic E-state index is 0.0894. The van der Waals surface area contributed by atoms with Gasteiger partial charge in [-0.05, 0) is 19.8 Å². The largest absolute Gasteiger partial charge is 0.360 e. The fourth-order valence-corrected chi connectivity index (χ4v) is 3.70. The zero-order valence-electron chi connectivity index (χ0n) is 16.3. The Labute approximate surface area is 160 Å². The quantitative estimate of drug-likeness (QED) is 0.834. The molecule has 0 aromatic carbocycles. The summed E-state index contributed by atoms with van der Waals surface area (Å²) in [5.74, 6) is 1.29. The number of hydrogen-bond donors (Lipinski definition) is 1. The lowest BCUT2D eigenvalue weighted by Crippen LogP contribution is -2.51. The molecular formula is C19H31N5O3. The van der Waals surface area contributed by atoms with Crippen LogP contribution in [0.1, 0.15) is 37.9 Å². The van der Waals surface area contributed by atoms with Gasteiger partial charge in [-0.25, -0.2) is 0 Å². The second-order valence-corrected chi connectivity index (χ2v) is 7.57. The predicted molar refractivity (Wildman–Crippen MR) is 102 cm³/mol. The number of nitrogens with one attached hydrogen (secondary N) is 1. The van der Waals surface area contributed by atoms with Crippen molar-refractivity contribution in [3.63, 3.8) is 0 Å². The van der Waals surface area contributed by atoms with Crippen LogP contribution in [0, 0.1) is 6.92 Å². The highest BCUT2D eigenvalue weighted by atomic mass is 16.5. The number of carbonyl (C=O) groups is 2. The van der Waals surface area contributed by atoms with Crippen LogP contribution in [0.3, 0.4) is 0 Å². The number of piperazine rings is 1. The van der Waals surface area contributed by atoms with Gasteiger partial charge in [0.15, 0.2) is 5.82 Å². The lowest BCUT2D eigenvalue weighted by Gasteiger charge is -2.35. The highest BCUT2D eigenvalue weighted by molar-refractivity contribution is 5.91. The van der Waals surface area contributed by atoms with Crippen LogP contribution in [-0.4, -0.2) is 84.0 Å². The minimum atomic E-state index is -0.0894. The molecule has 1 aromatic rings. The van der Waals surface area contributed by atoms with Gasteiger partial charge in [0, 0.05) is 45.3 Å². The third-order valence-corrected chi connectivity index (χ3v) is 5.30. The third-order valence-electron chi connectivity index (χ3n) is 5.30.